The molecule has 3 aromatic carbocycles. The zero-order valence-corrected chi connectivity index (χ0v) is 20.0. The number of aryl methyl sites for hydroxylation is 2. The Morgan fingerprint density at radius 3 is 2.44 bits per heavy atom. The smallest absolute Gasteiger partial charge is 0.223 e. The molecular formula is C29H32N4O. The number of anilines is 1. The van der Waals surface area contributed by atoms with Gasteiger partial charge in [-0.05, 0) is 49.9 Å². The van der Waals surface area contributed by atoms with Gasteiger partial charge in [-0.25, -0.2) is 4.98 Å². The monoisotopic (exact) mass is 452 g/mol. The summed E-state index contributed by atoms with van der Waals surface area (Å²) in [7, 11) is 0. The lowest BCUT2D eigenvalue weighted by Gasteiger charge is -2.32. The van der Waals surface area contributed by atoms with Crippen LogP contribution in [-0.4, -0.2) is 28.5 Å². The maximum Gasteiger partial charge on any atom is 0.223 e. The molecule has 0 spiro atoms. The molecule has 1 aliphatic heterocycles. The molecule has 0 atom stereocenters. The average Bonchev–Trinajstić information content (AvgIpc) is 3.22. The molecule has 0 radical (unpaired) electrons. The first kappa shape index (κ1) is 22.2. The fourth-order valence-electron chi connectivity index (χ4n) is 4.83. The maximum atomic E-state index is 12.8. The van der Waals surface area contributed by atoms with Crippen molar-refractivity contribution in [2.24, 2.45) is 5.92 Å². The summed E-state index contributed by atoms with van der Waals surface area (Å²) in [5, 5.41) is 3.14. The summed E-state index contributed by atoms with van der Waals surface area (Å²) in [5.41, 5.74) is 7.08. The fourth-order valence-corrected chi connectivity index (χ4v) is 4.83. The highest BCUT2D eigenvalue weighted by Gasteiger charge is 2.27. The van der Waals surface area contributed by atoms with Crippen LogP contribution in [0.1, 0.15) is 35.1 Å². The number of hydrogen-bond acceptors (Lipinski definition) is 3. The number of hydrogen-bond donors (Lipinski definition) is 1. The van der Waals surface area contributed by atoms with Gasteiger partial charge in [-0.1, -0.05) is 71.8 Å². The summed E-state index contributed by atoms with van der Waals surface area (Å²) in [5.74, 6) is 1.21. The molecule has 2 heterocycles. The van der Waals surface area contributed by atoms with E-state index in [4.69, 9.17) is 4.98 Å². The Balaban J connectivity index is 1.28. The van der Waals surface area contributed by atoms with Crippen molar-refractivity contribution in [1.29, 1.82) is 0 Å². The number of nitrogens with zero attached hydrogens (tertiary/aromatic N) is 3. The molecule has 0 saturated carbocycles. The quantitative estimate of drug-likeness (QED) is 0.436. The van der Waals surface area contributed by atoms with Gasteiger partial charge in [0.15, 0.2) is 0 Å². The minimum Gasteiger partial charge on any atom is -0.352 e. The second kappa shape index (κ2) is 9.72. The van der Waals surface area contributed by atoms with Crippen LogP contribution in [0.2, 0.25) is 0 Å². The lowest BCUT2D eigenvalue weighted by molar-refractivity contribution is -0.125. The number of carbonyl (C=O) groups is 1. The van der Waals surface area contributed by atoms with Crippen molar-refractivity contribution in [3.8, 4) is 0 Å². The van der Waals surface area contributed by atoms with E-state index in [2.05, 4.69) is 95.4 Å². The largest absolute Gasteiger partial charge is 0.352 e. The van der Waals surface area contributed by atoms with Crippen LogP contribution in [0.5, 0.6) is 0 Å². The first-order valence-electron chi connectivity index (χ1n) is 12.2. The molecule has 1 saturated heterocycles. The van der Waals surface area contributed by atoms with Gasteiger partial charge in [-0.2, -0.15) is 0 Å². The van der Waals surface area contributed by atoms with Gasteiger partial charge in [0.2, 0.25) is 11.9 Å². The molecule has 5 nitrogen and oxygen atoms in total. The van der Waals surface area contributed by atoms with Crippen molar-refractivity contribution in [3.63, 3.8) is 0 Å². The molecule has 0 unspecified atom stereocenters. The Morgan fingerprint density at radius 1 is 0.912 bits per heavy atom. The third-order valence-corrected chi connectivity index (χ3v) is 6.79. The molecule has 4 aromatic rings. The van der Waals surface area contributed by atoms with E-state index in [1.165, 1.54) is 16.7 Å². The van der Waals surface area contributed by atoms with Crippen molar-refractivity contribution in [2.75, 3.05) is 18.0 Å². The first-order chi connectivity index (χ1) is 16.6. The molecule has 1 N–H and O–H groups in total. The van der Waals surface area contributed by atoms with Crippen molar-refractivity contribution >= 4 is 22.9 Å². The van der Waals surface area contributed by atoms with Crippen LogP contribution in [0.15, 0.2) is 72.8 Å². The molecule has 1 fully saturated rings. The summed E-state index contributed by atoms with van der Waals surface area (Å²) < 4.78 is 2.32. The molecular weight excluding hydrogens is 420 g/mol. The SMILES string of the molecule is Cc1ccc(CNC(=O)C2CCN(c3nc4ccccc4n3Cc3cccc(C)c3)CC2)cc1. The highest BCUT2D eigenvalue weighted by Crippen LogP contribution is 2.28. The molecule has 1 aliphatic rings. The lowest BCUT2D eigenvalue weighted by atomic mass is 9.96. The van der Waals surface area contributed by atoms with Gasteiger partial charge in [0.1, 0.15) is 0 Å². The molecule has 5 rings (SSSR count). The Bertz CT molecular complexity index is 1280. The number of aromatic nitrogens is 2. The normalized spacial score (nSPS) is 14.5. The minimum atomic E-state index is 0.0521. The number of para-hydroxylation sites is 2. The Morgan fingerprint density at radius 2 is 1.68 bits per heavy atom. The molecule has 0 aliphatic carbocycles. The van der Waals surface area contributed by atoms with Crippen LogP contribution < -0.4 is 10.2 Å². The van der Waals surface area contributed by atoms with Crippen LogP contribution >= 0.6 is 0 Å². The highest BCUT2D eigenvalue weighted by molar-refractivity contribution is 5.80. The van der Waals surface area contributed by atoms with Gasteiger partial charge in [-0.3, -0.25) is 4.79 Å². The van der Waals surface area contributed by atoms with Crippen LogP contribution in [0.4, 0.5) is 5.95 Å². The highest BCUT2D eigenvalue weighted by atomic mass is 16.1. The molecule has 0 bridgehead atoms. The summed E-state index contributed by atoms with van der Waals surface area (Å²) in [6.45, 7) is 7.25. The van der Waals surface area contributed by atoms with Gasteiger partial charge < -0.3 is 14.8 Å². The van der Waals surface area contributed by atoms with E-state index in [1.54, 1.807) is 0 Å². The summed E-state index contributed by atoms with van der Waals surface area (Å²) >= 11 is 0. The number of carbonyl (C=O) groups excluding carboxylic acids is 1. The second-order valence-corrected chi connectivity index (χ2v) is 9.44. The first-order valence-corrected chi connectivity index (χ1v) is 12.2. The molecule has 1 aromatic heterocycles. The summed E-state index contributed by atoms with van der Waals surface area (Å²) in [6, 6.07) is 25.3. The van der Waals surface area contributed by atoms with Crippen LogP contribution in [0.25, 0.3) is 11.0 Å². The van der Waals surface area contributed by atoms with Crippen molar-refractivity contribution in [1.82, 2.24) is 14.9 Å². The fraction of sp³-hybridized carbons (Fsp3) is 0.310. The van der Waals surface area contributed by atoms with E-state index in [0.29, 0.717) is 6.54 Å². The predicted octanol–water partition coefficient (Wildman–Crippen LogP) is 5.23. The van der Waals surface area contributed by atoms with E-state index < -0.39 is 0 Å². The van der Waals surface area contributed by atoms with Crippen molar-refractivity contribution in [3.05, 3.63) is 95.1 Å². The number of fused-ring (bicyclic) bond motifs is 1. The topological polar surface area (TPSA) is 50.2 Å². The standard InChI is InChI=1S/C29H32N4O/c1-21-10-12-23(13-11-21)19-30-28(34)25-14-16-32(17-15-25)29-31-26-8-3-4-9-27(26)33(29)20-24-7-5-6-22(2)18-24/h3-13,18,25H,14-17,19-20H2,1-2H3,(H,30,34). The van der Waals surface area contributed by atoms with Crippen LogP contribution in [-0.2, 0) is 17.9 Å². The van der Waals surface area contributed by atoms with E-state index >= 15 is 0 Å². The number of benzene rings is 3. The van der Waals surface area contributed by atoms with Crippen LogP contribution in [0, 0.1) is 19.8 Å². The van der Waals surface area contributed by atoms with E-state index in [0.717, 1.165) is 55.0 Å². The average molecular weight is 453 g/mol. The zero-order valence-electron chi connectivity index (χ0n) is 20.0. The third kappa shape index (κ3) is 4.84. The maximum absolute atomic E-state index is 12.8. The van der Waals surface area contributed by atoms with Gasteiger partial charge in [0, 0.05) is 25.6 Å². The van der Waals surface area contributed by atoms with E-state index in [-0.39, 0.29) is 11.8 Å². The van der Waals surface area contributed by atoms with Gasteiger partial charge in [0.05, 0.1) is 17.6 Å². The minimum absolute atomic E-state index is 0.0521. The molecule has 5 heteroatoms. The second-order valence-electron chi connectivity index (χ2n) is 9.44. The number of rotatable bonds is 6. The van der Waals surface area contributed by atoms with Gasteiger partial charge >= 0.3 is 0 Å². The lowest BCUT2D eigenvalue weighted by Crippen LogP contribution is -2.41. The zero-order chi connectivity index (χ0) is 23.5. The van der Waals surface area contributed by atoms with E-state index in [9.17, 15) is 4.79 Å². The van der Waals surface area contributed by atoms with Crippen molar-refractivity contribution in [2.45, 2.75) is 39.8 Å². The Hall–Kier alpha value is -3.60. The summed E-state index contributed by atoms with van der Waals surface area (Å²) in [6.07, 6.45) is 1.68. The Kier molecular flexibility index (Phi) is 6.35. The van der Waals surface area contributed by atoms with Gasteiger partial charge in [-0.15, -0.1) is 0 Å². The van der Waals surface area contributed by atoms with E-state index in [1.807, 2.05) is 6.07 Å². The number of piperidine rings is 1. The van der Waals surface area contributed by atoms with Crippen molar-refractivity contribution < 1.29 is 4.79 Å². The molecule has 174 valence electrons. The summed E-state index contributed by atoms with van der Waals surface area (Å²) in [4.78, 5) is 20.2. The Labute approximate surface area is 201 Å². The number of amides is 1. The molecule has 1 amide bonds. The molecule has 34 heavy (non-hydrogen) atoms. The number of imidazole rings is 1. The van der Waals surface area contributed by atoms with Gasteiger partial charge in [0.25, 0.3) is 0 Å². The van der Waals surface area contributed by atoms with Crippen LogP contribution in [0.3, 0.4) is 0 Å². The number of nitrogens with one attached hydrogen (secondary N) is 1. The predicted molar refractivity (Wildman–Crippen MR) is 138 cm³/mol. The third-order valence-electron chi connectivity index (χ3n) is 6.79.